The first kappa shape index (κ1) is 14.5. The predicted octanol–water partition coefficient (Wildman–Crippen LogP) is 2.93. The van der Waals surface area contributed by atoms with Gasteiger partial charge in [0.1, 0.15) is 22.5 Å². The molecule has 0 aliphatic carbocycles. The van der Waals surface area contributed by atoms with Crippen molar-refractivity contribution in [3.63, 3.8) is 0 Å². The van der Waals surface area contributed by atoms with Crippen molar-refractivity contribution in [2.45, 2.75) is 26.3 Å². The van der Waals surface area contributed by atoms with E-state index in [2.05, 4.69) is 4.98 Å². The zero-order chi connectivity index (χ0) is 15.9. The fraction of sp³-hybridized carbons (Fsp3) is 0.267. The molecule has 0 fully saturated rings. The van der Waals surface area contributed by atoms with E-state index in [0.29, 0.717) is 33.8 Å². The Bertz CT molecular complexity index is 892. The number of aryl methyl sites for hydroxylation is 1. The Kier molecular flexibility index (Phi) is 3.58. The van der Waals surface area contributed by atoms with E-state index in [1.165, 1.54) is 29.1 Å². The molecule has 0 aliphatic heterocycles. The molecule has 0 bridgehead atoms. The highest BCUT2D eigenvalue weighted by Gasteiger charge is 2.23. The van der Waals surface area contributed by atoms with Gasteiger partial charge in [-0.05, 0) is 19.1 Å². The van der Waals surface area contributed by atoms with Crippen LogP contribution in [0.2, 0.25) is 0 Å². The van der Waals surface area contributed by atoms with Crippen LogP contribution in [-0.2, 0) is 11.2 Å². The van der Waals surface area contributed by atoms with Gasteiger partial charge in [0.2, 0.25) is 0 Å². The average molecular weight is 318 g/mol. The number of aromatic nitrogens is 2. The van der Waals surface area contributed by atoms with E-state index in [4.69, 9.17) is 4.42 Å². The van der Waals surface area contributed by atoms with Crippen molar-refractivity contribution in [1.29, 1.82) is 0 Å². The molecule has 0 saturated carbocycles. The van der Waals surface area contributed by atoms with Crippen molar-refractivity contribution in [3.8, 4) is 11.3 Å². The Balaban J connectivity index is 2.36. The van der Waals surface area contributed by atoms with Crippen molar-refractivity contribution in [2.24, 2.45) is 0 Å². The quantitative estimate of drug-likeness (QED) is 0.799. The summed E-state index contributed by atoms with van der Waals surface area (Å²) >= 11 is 1.35. The van der Waals surface area contributed by atoms with Crippen molar-refractivity contribution < 1.29 is 14.3 Å². The smallest absolute Gasteiger partial charge is 0.326 e. The maximum atomic E-state index is 12.9. The van der Waals surface area contributed by atoms with E-state index in [0.717, 1.165) is 0 Å². The van der Waals surface area contributed by atoms with E-state index in [9.17, 15) is 14.7 Å². The van der Waals surface area contributed by atoms with Crippen molar-refractivity contribution in [2.75, 3.05) is 0 Å². The van der Waals surface area contributed by atoms with Crippen LogP contribution >= 0.6 is 11.3 Å². The van der Waals surface area contributed by atoms with Gasteiger partial charge in [-0.2, -0.15) is 0 Å². The number of rotatable bonds is 4. The molecule has 3 heterocycles. The van der Waals surface area contributed by atoms with Crippen LogP contribution in [0.15, 0.2) is 33.0 Å². The van der Waals surface area contributed by atoms with E-state index in [-0.39, 0.29) is 5.56 Å². The minimum atomic E-state index is -1.06. The largest absolute Gasteiger partial charge is 0.480 e. The van der Waals surface area contributed by atoms with Crippen LogP contribution < -0.4 is 5.56 Å². The molecule has 0 aliphatic rings. The molecular weight excluding hydrogens is 304 g/mol. The molecule has 1 unspecified atom stereocenters. The molecule has 3 aromatic heterocycles. The lowest BCUT2D eigenvalue weighted by Gasteiger charge is -2.15. The number of furan rings is 1. The Morgan fingerprint density at radius 3 is 2.91 bits per heavy atom. The van der Waals surface area contributed by atoms with Crippen molar-refractivity contribution in [1.82, 2.24) is 9.55 Å². The predicted molar refractivity (Wildman–Crippen MR) is 83.3 cm³/mol. The van der Waals surface area contributed by atoms with E-state index >= 15 is 0 Å². The summed E-state index contributed by atoms with van der Waals surface area (Å²) in [5.41, 5.74) is 0.306. The molecule has 1 N–H and O–H groups in total. The first-order valence-electron chi connectivity index (χ1n) is 6.83. The molecule has 0 saturated heterocycles. The number of aliphatic carboxylic acids is 1. The highest BCUT2D eigenvalue weighted by molar-refractivity contribution is 7.17. The van der Waals surface area contributed by atoms with Crippen LogP contribution in [0.3, 0.4) is 0 Å². The van der Waals surface area contributed by atoms with E-state index in [1.807, 2.05) is 12.3 Å². The second-order valence-electron chi connectivity index (χ2n) is 4.88. The summed E-state index contributed by atoms with van der Waals surface area (Å²) in [6, 6.07) is 2.54. The van der Waals surface area contributed by atoms with Crippen molar-refractivity contribution >= 4 is 27.5 Å². The molecule has 0 amide bonds. The first-order chi connectivity index (χ1) is 10.5. The number of nitrogens with zero attached hydrogens (tertiary/aromatic N) is 2. The Hall–Kier alpha value is -2.41. The standard InChI is InChI=1S/C15H14N2O4S/c1-3-11-16-13-12(14(18)17(11)8(2)15(19)20)9(7-22-13)10-5-4-6-21-10/h4-8H,3H2,1-2H3,(H,19,20). The van der Waals surface area contributed by atoms with Crippen LogP contribution in [0.1, 0.15) is 25.7 Å². The number of carboxylic acid groups (broad SMARTS) is 1. The van der Waals surface area contributed by atoms with Gasteiger partial charge in [-0.3, -0.25) is 9.36 Å². The number of thiophene rings is 1. The van der Waals surface area contributed by atoms with Gasteiger partial charge in [-0.1, -0.05) is 6.92 Å². The minimum absolute atomic E-state index is 0.343. The Morgan fingerprint density at radius 2 is 2.32 bits per heavy atom. The molecule has 7 heteroatoms. The number of hydrogen-bond donors (Lipinski definition) is 1. The number of carbonyl (C=O) groups is 1. The molecule has 3 rings (SSSR count). The summed E-state index contributed by atoms with van der Waals surface area (Å²) in [4.78, 5) is 29.2. The van der Waals surface area contributed by atoms with Gasteiger partial charge in [0.25, 0.3) is 5.56 Å². The third kappa shape index (κ3) is 2.14. The fourth-order valence-electron chi connectivity index (χ4n) is 2.42. The van der Waals surface area contributed by atoms with Gasteiger partial charge in [-0.15, -0.1) is 11.3 Å². The molecule has 0 aromatic carbocycles. The maximum absolute atomic E-state index is 12.9. The summed E-state index contributed by atoms with van der Waals surface area (Å²) in [5, 5.41) is 11.5. The van der Waals surface area contributed by atoms with Crippen LogP contribution in [0.4, 0.5) is 0 Å². The lowest BCUT2D eigenvalue weighted by atomic mass is 10.2. The first-order valence-corrected chi connectivity index (χ1v) is 7.71. The minimum Gasteiger partial charge on any atom is -0.480 e. The Labute approximate surface area is 129 Å². The molecule has 6 nitrogen and oxygen atoms in total. The maximum Gasteiger partial charge on any atom is 0.326 e. The van der Waals surface area contributed by atoms with Gasteiger partial charge in [0.05, 0.1) is 11.6 Å². The van der Waals surface area contributed by atoms with Gasteiger partial charge in [0.15, 0.2) is 0 Å². The number of carboxylic acids is 1. The zero-order valence-corrected chi connectivity index (χ0v) is 12.9. The van der Waals surface area contributed by atoms with Gasteiger partial charge < -0.3 is 9.52 Å². The number of fused-ring (bicyclic) bond motifs is 1. The molecule has 22 heavy (non-hydrogen) atoms. The lowest BCUT2D eigenvalue weighted by molar-refractivity contribution is -0.140. The van der Waals surface area contributed by atoms with Crippen LogP contribution in [-0.4, -0.2) is 20.6 Å². The highest BCUT2D eigenvalue weighted by atomic mass is 32.1. The van der Waals surface area contributed by atoms with E-state index < -0.39 is 12.0 Å². The highest BCUT2D eigenvalue weighted by Crippen LogP contribution is 2.31. The summed E-state index contributed by atoms with van der Waals surface area (Å²) in [7, 11) is 0. The monoisotopic (exact) mass is 318 g/mol. The van der Waals surface area contributed by atoms with Gasteiger partial charge in [0, 0.05) is 17.4 Å². The van der Waals surface area contributed by atoms with Crippen molar-refractivity contribution in [3.05, 3.63) is 40.0 Å². The normalized spacial score (nSPS) is 12.6. The molecule has 0 radical (unpaired) electrons. The van der Waals surface area contributed by atoms with E-state index in [1.54, 1.807) is 12.1 Å². The second kappa shape index (κ2) is 5.42. The topological polar surface area (TPSA) is 85.3 Å². The van der Waals surface area contributed by atoms with Gasteiger partial charge in [-0.25, -0.2) is 9.78 Å². The third-order valence-electron chi connectivity index (χ3n) is 3.56. The zero-order valence-electron chi connectivity index (χ0n) is 12.1. The average Bonchev–Trinajstić information content (AvgIpc) is 3.14. The third-order valence-corrected chi connectivity index (χ3v) is 4.43. The summed E-state index contributed by atoms with van der Waals surface area (Å²) in [6.07, 6.45) is 2.02. The Morgan fingerprint density at radius 1 is 1.55 bits per heavy atom. The fourth-order valence-corrected chi connectivity index (χ4v) is 3.35. The molecule has 3 aromatic rings. The molecule has 0 spiro atoms. The van der Waals surface area contributed by atoms with Gasteiger partial charge >= 0.3 is 5.97 Å². The summed E-state index contributed by atoms with van der Waals surface area (Å²) in [6.45, 7) is 3.33. The SMILES string of the molecule is CCc1nc2scc(-c3ccco3)c2c(=O)n1C(C)C(=O)O. The molecule has 1 atom stereocenters. The summed E-state index contributed by atoms with van der Waals surface area (Å²) < 4.78 is 6.61. The second-order valence-corrected chi connectivity index (χ2v) is 5.74. The van der Waals surface area contributed by atoms with Crippen LogP contribution in [0.5, 0.6) is 0 Å². The number of hydrogen-bond acceptors (Lipinski definition) is 5. The van der Waals surface area contributed by atoms with Crippen LogP contribution in [0.25, 0.3) is 21.5 Å². The van der Waals surface area contributed by atoms with Crippen LogP contribution in [0, 0.1) is 0 Å². The lowest BCUT2D eigenvalue weighted by Crippen LogP contribution is -2.31. The molecule has 114 valence electrons. The molecular formula is C15H14N2O4S. The summed E-state index contributed by atoms with van der Waals surface area (Å²) in [5.74, 6) is -0.0168.